The Bertz CT molecular complexity index is 1140. The number of methoxy groups -OCH3 is 1. The van der Waals surface area contributed by atoms with E-state index in [0.29, 0.717) is 22.4 Å². The summed E-state index contributed by atoms with van der Waals surface area (Å²) in [5.41, 5.74) is 8.02. The lowest BCUT2D eigenvalue weighted by Gasteiger charge is -2.22. The highest BCUT2D eigenvalue weighted by Gasteiger charge is 2.52. The van der Waals surface area contributed by atoms with Crippen LogP contribution in [0.4, 0.5) is 5.69 Å². The number of nitro groups is 1. The van der Waals surface area contributed by atoms with Crippen LogP contribution in [0.1, 0.15) is 39.9 Å². The van der Waals surface area contributed by atoms with E-state index in [1.165, 1.54) is 12.1 Å². The first-order chi connectivity index (χ1) is 13.4. The van der Waals surface area contributed by atoms with Gasteiger partial charge in [-0.05, 0) is 49.1 Å². The van der Waals surface area contributed by atoms with E-state index in [2.05, 4.69) is 4.98 Å². The molecule has 1 aliphatic carbocycles. The third kappa shape index (κ3) is 2.58. The molecular formula is C21H19N3O4. The van der Waals surface area contributed by atoms with E-state index in [9.17, 15) is 14.9 Å². The topological polar surface area (TPSA) is 108 Å². The first kappa shape index (κ1) is 17.9. The number of nitrogens with zero attached hydrogens (tertiary/aromatic N) is 2. The van der Waals surface area contributed by atoms with Gasteiger partial charge in [0.25, 0.3) is 5.69 Å². The molecule has 1 fully saturated rings. The maximum absolute atomic E-state index is 11.9. The Hall–Kier alpha value is -3.48. The summed E-state index contributed by atoms with van der Waals surface area (Å²) >= 11 is 0. The zero-order valence-corrected chi connectivity index (χ0v) is 15.6. The van der Waals surface area contributed by atoms with E-state index in [1.54, 1.807) is 20.2 Å². The van der Waals surface area contributed by atoms with Gasteiger partial charge in [-0.25, -0.2) is 0 Å². The van der Waals surface area contributed by atoms with Crippen LogP contribution in [0, 0.1) is 17.0 Å². The second kappa shape index (κ2) is 6.30. The number of nitrogens with two attached hydrogens (primary N) is 1. The summed E-state index contributed by atoms with van der Waals surface area (Å²) in [6.45, 7) is 1.73. The molecule has 0 unspecified atom stereocenters. The molecule has 0 bridgehead atoms. The minimum absolute atomic E-state index is 0.000129. The van der Waals surface area contributed by atoms with Crippen LogP contribution in [0.5, 0.6) is 5.75 Å². The molecule has 1 aromatic heterocycles. The summed E-state index contributed by atoms with van der Waals surface area (Å²) in [4.78, 5) is 27.7. The molecule has 7 heteroatoms. The number of rotatable bonds is 5. The van der Waals surface area contributed by atoms with E-state index in [0.717, 1.165) is 29.3 Å². The van der Waals surface area contributed by atoms with Crippen molar-refractivity contribution >= 4 is 22.5 Å². The van der Waals surface area contributed by atoms with Crippen LogP contribution in [0.25, 0.3) is 10.9 Å². The van der Waals surface area contributed by atoms with E-state index < -0.39 is 16.2 Å². The third-order valence-corrected chi connectivity index (χ3v) is 5.58. The summed E-state index contributed by atoms with van der Waals surface area (Å²) in [6.07, 6.45) is 3.16. The molecule has 1 aliphatic rings. The number of amides is 1. The highest BCUT2D eigenvalue weighted by atomic mass is 16.6. The van der Waals surface area contributed by atoms with Crippen molar-refractivity contribution in [2.24, 2.45) is 5.73 Å². The van der Waals surface area contributed by atoms with Gasteiger partial charge in [-0.3, -0.25) is 19.9 Å². The van der Waals surface area contributed by atoms with Crippen LogP contribution >= 0.6 is 0 Å². The van der Waals surface area contributed by atoms with Crippen LogP contribution in [-0.2, 0) is 5.41 Å². The molecule has 3 aromatic rings. The number of nitro benzene ring substituents is 1. The van der Waals surface area contributed by atoms with Gasteiger partial charge in [0.2, 0.25) is 5.91 Å². The molecule has 1 amide bonds. The molecule has 142 valence electrons. The number of benzene rings is 2. The third-order valence-electron chi connectivity index (χ3n) is 5.58. The molecule has 0 radical (unpaired) electrons. The fraction of sp³-hybridized carbons (Fsp3) is 0.238. The average Bonchev–Trinajstić information content (AvgIpc) is 3.47. The monoisotopic (exact) mass is 377 g/mol. The summed E-state index contributed by atoms with van der Waals surface area (Å²) in [5, 5.41) is 12.7. The quantitative estimate of drug-likeness (QED) is 0.539. The molecule has 0 aliphatic heterocycles. The van der Waals surface area contributed by atoms with Gasteiger partial charge in [-0.1, -0.05) is 6.07 Å². The highest BCUT2D eigenvalue weighted by Crippen LogP contribution is 2.59. The predicted octanol–water partition coefficient (Wildman–Crippen LogP) is 3.64. The predicted molar refractivity (Wildman–Crippen MR) is 105 cm³/mol. The molecule has 0 saturated heterocycles. The molecule has 4 rings (SSSR count). The molecule has 1 saturated carbocycles. The van der Waals surface area contributed by atoms with Crippen molar-refractivity contribution < 1.29 is 14.5 Å². The Morgan fingerprint density at radius 2 is 2.04 bits per heavy atom. The second-order valence-electron chi connectivity index (χ2n) is 7.08. The number of carbonyl (C=O) groups is 1. The minimum atomic E-state index is -0.596. The first-order valence-electron chi connectivity index (χ1n) is 8.90. The Balaban J connectivity index is 2.06. The number of pyridine rings is 1. The Morgan fingerprint density at radius 3 is 2.64 bits per heavy atom. The Morgan fingerprint density at radius 1 is 1.29 bits per heavy atom. The van der Waals surface area contributed by atoms with Crippen LogP contribution in [-0.4, -0.2) is 22.9 Å². The van der Waals surface area contributed by atoms with Crippen LogP contribution < -0.4 is 10.5 Å². The first-order valence-corrected chi connectivity index (χ1v) is 8.90. The lowest BCUT2D eigenvalue weighted by Crippen LogP contribution is -2.19. The fourth-order valence-electron chi connectivity index (χ4n) is 4.17. The molecule has 2 aromatic carbocycles. The molecule has 7 nitrogen and oxygen atoms in total. The van der Waals surface area contributed by atoms with E-state index in [-0.39, 0.29) is 5.69 Å². The summed E-state index contributed by atoms with van der Waals surface area (Å²) in [7, 11) is 1.58. The van der Waals surface area contributed by atoms with Crippen molar-refractivity contribution in [1.29, 1.82) is 0 Å². The zero-order valence-electron chi connectivity index (χ0n) is 15.6. The zero-order chi connectivity index (χ0) is 20.1. The number of primary amides is 1. The molecule has 1 heterocycles. The molecule has 0 atom stereocenters. The Labute approximate surface area is 161 Å². The van der Waals surface area contributed by atoms with Crippen molar-refractivity contribution in [3.63, 3.8) is 0 Å². The lowest BCUT2D eigenvalue weighted by atomic mass is 9.81. The summed E-state index contributed by atoms with van der Waals surface area (Å²) in [5.74, 6) is 0.0421. The fourth-order valence-corrected chi connectivity index (χ4v) is 4.17. The molecule has 0 spiro atoms. The van der Waals surface area contributed by atoms with Gasteiger partial charge in [0.15, 0.2) is 0 Å². The van der Waals surface area contributed by atoms with Crippen molar-refractivity contribution in [3.05, 3.63) is 75.0 Å². The maximum Gasteiger partial charge on any atom is 0.273 e. The summed E-state index contributed by atoms with van der Waals surface area (Å²) < 4.78 is 5.44. The second-order valence-corrected chi connectivity index (χ2v) is 7.08. The van der Waals surface area contributed by atoms with Gasteiger partial charge in [-0.2, -0.15) is 0 Å². The number of aromatic nitrogens is 1. The maximum atomic E-state index is 11.9. The molecule has 28 heavy (non-hydrogen) atoms. The van der Waals surface area contributed by atoms with Crippen molar-refractivity contribution in [2.45, 2.75) is 25.2 Å². The van der Waals surface area contributed by atoms with Crippen molar-refractivity contribution in [3.8, 4) is 5.75 Å². The van der Waals surface area contributed by atoms with E-state index in [1.807, 2.05) is 24.3 Å². The number of ether oxygens (including phenoxy) is 1. The number of hydrogen-bond acceptors (Lipinski definition) is 5. The normalized spacial score (nSPS) is 14.6. The van der Waals surface area contributed by atoms with Gasteiger partial charge >= 0.3 is 0 Å². The van der Waals surface area contributed by atoms with E-state index >= 15 is 0 Å². The Kier molecular flexibility index (Phi) is 4.03. The smallest absolute Gasteiger partial charge is 0.273 e. The minimum Gasteiger partial charge on any atom is -0.497 e. The highest BCUT2D eigenvalue weighted by molar-refractivity contribution is 5.96. The van der Waals surface area contributed by atoms with Crippen molar-refractivity contribution in [1.82, 2.24) is 4.98 Å². The standard InChI is InChI=1S/C21H19N3O4/c1-12-14(20(22)25)5-6-18(24(26)27)19(12)21(7-8-21)16-10-13(28-2)11-17-15(16)4-3-9-23-17/h3-6,9-11H,7-8H2,1-2H3,(H2,22,25). The van der Waals surface area contributed by atoms with Gasteiger partial charge < -0.3 is 10.5 Å². The largest absolute Gasteiger partial charge is 0.497 e. The van der Waals surface area contributed by atoms with Crippen LogP contribution in [0.2, 0.25) is 0 Å². The van der Waals surface area contributed by atoms with Gasteiger partial charge in [0.05, 0.1) is 17.5 Å². The number of hydrogen-bond donors (Lipinski definition) is 1. The summed E-state index contributed by atoms with van der Waals surface area (Å²) in [6, 6.07) is 10.4. The van der Waals surface area contributed by atoms with Crippen molar-refractivity contribution in [2.75, 3.05) is 7.11 Å². The molecule has 2 N–H and O–H groups in total. The van der Waals surface area contributed by atoms with Gasteiger partial charge in [0.1, 0.15) is 5.75 Å². The van der Waals surface area contributed by atoms with Crippen LogP contribution in [0.15, 0.2) is 42.6 Å². The molecular weight excluding hydrogens is 358 g/mol. The number of carbonyl (C=O) groups excluding carboxylic acids is 1. The SMILES string of the molecule is COc1cc(C2(c3c([N+](=O)[O-])ccc(C(N)=O)c3C)CC2)c2cccnc2c1. The lowest BCUT2D eigenvalue weighted by molar-refractivity contribution is -0.385. The number of fused-ring (bicyclic) bond motifs is 1. The van der Waals surface area contributed by atoms with Gasteiger partial charge in [-0.15, -0.1) is 0 Å². The van der Waals surface area contributed by atoms with Crippen LogP contribution in [0.3, 0.4) is 0 Å². The average molecular weight is 377 g/mol. The van der Waals surface area contributed by atoms with Gasteiger partial charge in [0, 0.05) is 40.3 Å². The van der Waals surface area contributed by atoms with E-state index in [4.69, 9.17) is 10.5 Å².